The maximum absolute atomic E-state index is 13.4. The Labute approximate surface area is 105 Å². The van der Waals surface area contributed by atoms with Gasteiger partial charge >= 0.3 is 0 Å². The first-order valence-corrected chi connectivity index (χ1v) is 6.18. The molecule has 2 nitrogen and oxygen atoms in total. The van der Waals surface area contributed by atoms with Crippen molar-refractivity contribution in [3.05, 3.63) is 35.4 Å². The van der Waals surface area contributed by atoms with Crippen molar-refractivity contribution < 1.29 is 18.3 Å². The van der Waals surface area contributed by atoms with Crippen molar-refractivity contribution in [2.75, 3.05) is 13.2 Å². The summed E-state index contributed by atoms with van der Waals surface area (Å²) in [6.45, 7) is 1.39. The molecule has 18 heavy (non-hydrogen) atoms. The third-order valence-electron chi connectivity index (χ3n) is 3.26. The maximum Gasteiger partial charge on any atom is 0.137 e. The first-order valence-electron chi connectivity index (χ1n) is 6.18. The number of rotatable bonds is 4. The van der Waals surface area contributed by atoms with Crippen molar-refractivity contribution in [1.82, 2.24) is 0 Å². The highest BCUT2D eigenvalue weighted by atomic mass is 19.1. The molecule has 0 spiro atoms. The van der Waals surface area contributed by atoms with Crippen LogP contribution in [0.1, 0.15) is 24.8 Å². The Bertz CT molecular complexity index is 426. The van der Waals surface area contributed by atoms with E-state index in [4.69, 9.17) is 4.74 Å². The molecular weight excluding hydrogens is 238 g/mol. The monoisotopic (exact) mass is 254 g/mol. The fourth-order valence-corrected chi connectivity index (χ4v) is 2.22. The van der Waals surface area contributed by atoms with Gasteiger partial charge in [-0.2, -0.15) is 0 Å². The molecule has 0 unspecified atom stereocenters. The zero-order valence-corrected chi connectivity index (χ0v) is 10.1. The van der Waals surface area contributed by atoms with Crippen molar-refractivity contribution in [2.45, 2.75) is 25.7 Å². The Morgan fingerprint density at radius 1 is 1.28 bits per heavy atom. The Hall–Kier alpha value is -1.29. The van der Waals surface area contributed by atoms with E-state index < -0.39 is 11.6 Å². The lowest BCUT2D eigenvalue weighted by Gasteiger charge is -2.21. The van der Waals surface area contributed by atoms with Gasteiger partial charge in [0.1, 0.15) is 17.4 Å². The molecule has 0 aromatic heterocycles. The van der Waals surface area contributed by atoms with Crippen LogP contribution in [0.4, 0.5) is 8.78 Å². The van der Waals surface area contributed by atoms with Gasteiger partial charge in [0.15, 0.2) is 0 Å². The van der Waals surface area contributed by atoms with E-state index in [2.05, 4.69) is 0 Å². The lowest BCUT2D eigenvalue weighted by Crippen LogP contribution is -2.19. The van der Waals surface area contributed by atoms with Gasteiger partial charge in [0.25, 0.3) is 0 Å². The molecule has 1 aliphatic rings. The molecule has 0 N–H and O–H groups in total. The summed E-state index contributed by atoms with van der Waals surface area (Å²) in [5.74, 6) is -0.911. The van der Waals surface area contributed by atoms with E-state index in [1.54, 1.807) is 0 Å². The second-order valence-corrected chi connectivity index (χ2v) is 4.71. The van der Waals surface area contributed by atoms with Gasteiger partial charge in [0.2, 0.25) is 0 Å². The number of hydrogen-bond donors (Lipinski definition) is 0. The van der Waals surface area contributed by atoms with E-state index in [9.17, 15) is 13.6 Å². The summed E-state index contributed by atoms with van der Waals surface area (Å²) < 4.78 is 31.3. The third-order valence-corrected chi connectivity index (χ3v) is 3.26. The van der Waals surface area contributed by atoms with Crippen LogP contribution in [0.15, 0.2) is 18.2 Å². The lowest BCUT2D eigenvalue weighted by atomic mass is 9.92. The highest BCUT2D eigenvalue weighted by Crippen LogP contribution is 2.20. The first kappa shape index (κ1) is 13.1. The summed E-state index contributed by atoms with van der Waals surface area (Å²) in [5.41, 5.74) is 0.272. The van der Waals surface area contributed by atoms with Gasteiger partial charge in [-0.1, -0.05) is 6.07 Å². The van der Waals surface area contributed by atoms with E-state index in [1.807, 2.05) is 0 Å². The summed E-state index contributed by atoms with van der Waals surface area (Å²) >= 11 is 0. The maximum atomic E-state index is 13.4. The Kier molecular flexibility index (Phi) is 4.42. The molecule has 1 fully saturated rings. The van der Waals surface area contributed by atoms with Crippen molar-refractivity contribution in [2.24, 2.45) is 5.92 Å². The molecular formula is C14H16F2O2. The molecule has 0 radical (unpaired) electrons. The van der Waals surface area contributed by atoms with E-state index in [0.717, 1.165) is 18.9 Å². The van der Waals surface area contributed by atoms with Gasteiger partial charge in [0, 0.05) is 32.1 Å². The predicted octanol–water partition coefficient (Wildman–Crippen LogP) is 2.89. The summed E-state index contributed by atoms with van der Waals surface area (Å²) in [4.78, 5) is 11.8. The van der Waals surface area contributed by atoms with E-state index in [0.29, 0.717) is 25.6 Å². The highest BCUT2D eigenvalue weighted by Gasteiger charge is 2.18. The molecule has 1 aliphatic heterocycles. The van der Waals surface area contributed by atoms with Crippen molar-refractivity contribution in [3.63, 3.8) is 0 Å². The predicted molar refractivity (Wildman–Crippen MR) is 63.2 cm³/mol. The number of ketones is 1. The summed E-state index contributed by atoms with van der Waals surface area (Å²) in [5, 5.41) is 0. The van der Waals surface area contributed by atoms with Gasteiger partial charge in [-0.15, -0.1) is 0 Å². The topological polar surface area (TPSA) is 26.3 Å². The van der Waals surface area contributed by atoms with Crippen LogP contribution in [0, 0.1) is 17.6 Å². The molecule has 4 heteroatoms. The minimum atomic E-state index is -0.643. The van der Waals surface area contributed by atoms with E-state index in [1.165, 1.54) is 12.1 Å². The fourth-order valence-electron chi connectivity index (χ4n) is 2.22. The fraction of sp³-hybridized carbons (Fsp3) is 0.500. The van der Waals surface area contributed by atoms with Gasteiger partial charge < -0.3 is 4.74 Å². The van der Waals surface area contributed by atoms with Crippen LogP contribution in [-0.2, 0) is 16.0 Å². The molecule has 98 valence electrons. The summed E-state index contributed by atoms with van der Waals surface area (Å²) in [6, 6.07) is 3.34. The lowest BCUT2D eigenvalue weighted by molar-refractivity contribution is -0.120. The van der Waals surface area contributed by atoms with Crippen LogP contribution in [0.2, 0.25) is 0 Å². The number of carbonyl (C=O) groups excluding carboxylic acids is 1. The normalized spacial score (nSPS) is 16.8. The third kappa shape index (κ3) is 3.60. The Morgan fingerprint density at radius 3 is 2.67 bits per heavy atom. The highest BCUT2D eigenvalue weighted by molar-refractivity contribution is 5.81. The number of carbonyl (C=O) groups is 1. The average Bonchev–Trinajstić information content (AvgIpc) is 2.34. The molecule has 1 saturated heterocycles. The summed E-state index contributed by atoms with van der Waals surface area (Å²) in [7, 11) is 0. The van der Waals surface area contributed by atoms with Crippen molar-refractivity contribution in [1.29, 1.82) is 0 Å². The number of benzene rings is 1. The Balaban J connectivity index is 1.90. The second-order valence-electron chi connectivity index (χ2n) is 4.71. The molecule has 1 heterocycles. The molecule has 0 bridgehead atoms. The Morgan fingerprint density at radius 2 is 2.00 bits per heavy atom. The van der Waals surface area contributed by atoms with Crippen molar-refractivity contribution >= 4 is 5.78 Å². The van der Waals surface area contributed by atoms with Crippen LogP contribution in [-0.4, -0.2) is 19.0 Å². The zero-order valence-electron chi connectivity index (χ0n) is 10.1. The van der Waals surface area contributed by atoms with Gasteiger partial charge in [0.05, 0.1) is 0 Å². The van der Waals surface area contributed by atoms with Gasteiger partial charge in [-0.3, -0.25) is 4.79 Å². The molecule has 2 rings (SSSR count). The zero-order chi connectivity index (χ0) is 13.0. The summed E-state index contributed by atoms with van der Waals surface area (Å²) in [6.07, 6.45) is 2.28. The van der Waals surface area contributed by atoms with Crippen LogP contribution in [0.25, 0.3) is 0 Å². The van der Waals surface area contributed by atoms with E-state index in [-0.39, 0.29) is 17.8 Å². The van der Waals surface area contributed by atoms with Crippen LogP contribution in [0.5, 0.6) is 0 Å². The second kappa shape index (κ2) is 6.05. The standard InChI is InChI=1S/C14H16F2O2/c15-12-2-1-11(14(16)9-12)8-13(17)7-10-3-5-18-6-4-10/h1-2,9-10H,3-8H2. The number of hydrogen-bond acceptors (Lipinski definition) is 2. The molecule has 0 aliphatic carbocycles. The number of ether oxygens (including phenoxy) is 1. The van der Waals surface area contributed by atoms with Crippen LogP contribution < -0.4 is 0 Å². The largest absolute Gasteiger partial charge is 0.381 e. The van der Waals surface area contributed by atoms with E-state index >= 15 is 0 Å². The quantitative estimate of drug-likeness (QED) is 0.825. The number of Topliss-reactive ketones (excluding diaryl/α,β-unsaturated/α-hetero) is 1. The minimum absolute atomic E-state index is 0.00686. The van der Waals surface area contributed by atoms with Gasteiger partial charge in [-0.05, 0) is 30.4 Å². The van der Waals surface area contributed by atoms with Crippen LogP contribution in [0.3, 0.4) is 0 Å². The minimum Gasteiger partial charge on any atom is -0.381 e. The smallest absolute Gasteiger partial charge is 0.137 e. The van der Waals surface area contributed by atoms with Crippen LogP contribution >= 0.6 is 0 Å². The number of halogens is 2. The first-order chi connectivity index (χ1) is 8.65. The molecule has 0 amide bonds. The molecule has 0 atom stereocenters. The molecule has 1 aromatic carbocycles. The van der Waals surface area contributed by atoms with Crippen molar-refractivity contribution in [3.8, 4) is 0 Å². The molecule has 1 aromatic rings. The molecule has 0 saturated carbocycles. The average molecular weight is 254 g/mol. The van der Waals surface area contributed by atoms with Gasteiger partial charge in [-0.25, -0.2) is 8.78 Å². The SMILES string of the molecule is O=C(Cc1ccc(F)cc1F)CC1CCOCC1.